The van der Waals surface area contributed by atoms with E-state index in [4.69, 9.17) is 10.5 Å². The number of anilines is 2. The number of esters is 1. The Morgan fingerprint density at radius 2 is 1.91 bits per heavy atom. The lowest BCUT2D eigenvalue weighted by atomic mass is 10.2. The lowest BCUT2D eigenvalue weighted by Crippen LogP contribution is -2.30. The summed E-state index contributed by atoms with van der Waals surface area (Å²) >= 11 is 3.33. The highest BCUT2D eigenvalue weighted by molar-refractivity contribution is 9.10. The van der Waals surface area contributed by atoms with Crippen molar-refractivity contribution >= 4 is 39.2 Å². The van der Waals surface area contributed by atoms with Gasteiger partial charge in [-0.1, -0.05) is 18.2 Å². The van der Waals surface area contributed by atoms with Gasteiger partial charge in [0.15, 0.2) is 6.10 Å². The first kappa shape index (κ1) is 16.0. The van der Waals surface area contributed by atoms with Crippen molar-refractivity contribution < 1.29 is 14.3 Å². The Labute approximate surface area is 136 Å². The number of rotatable bonds is 4. The topological polar surface area (TPSA) is 81.4 Å². The van der Waals surface area contributed by atoms with Crippen molar-refractivity contribution in [3.63, 3.8) is 0 Å². The number of hydrogen-bond donors (Lipinski definition) is 2. The predicted molar refractivity (Wildman–Crippen MR) is 88.5 cm³/mol. The van der Waals surface area contributed by atoms with E-state index < -0.39 is 18.0 Å². The van der Waals surface area contributed by atoms with Crippen LogP contribution in [0.4, 0.5) is 11.4 Å². The summed E-state index contributed by atoms with van der Waals surface area (Å²) in [6.07, 6.45) is -0.930. The SMILES string of the molecule is CC(OC(=O)c1cccc(N)c1)C(=O)Nc1ccccc1Br. The molecule has 1 unspecified atom stereocenters. The van der Waals surface area contributed by atoms with Crippen LogP contribution in [0.2, 0.25) is 0 Å². The molecule has 114 valence electrons. The number of nitrogens with one attached hydrogen (secondary N) is 1. The monoisotopic (exact) mass is 362 g/mol. The maximum absolute atomic E-state index is 12.1. The molecule has 2 aromatic rings. The molecule has 0 aliphatic heterocycles. The quantitative estimate of drug-likeness (QED) is 0.646. The van der Waals surface area contributed by atoms with Crippen LogP contribution < -0.4 is 11.1 Å². The average molecular weight is 363 g/mol. The van der Waals surface area contributed by atoms with Gasteiger partial charge in [0.25, 0.3) is 5.91 Å². The molecule has 22 heavy (non-hydrogen) atoms. The molecule has 0 aliphatic rings. The third kappa shape index (κ3) is 4.08. The molecule has 0 saturated carbocycles. The summed E-state index contributed by atoms with van der Waals surface area (Å²) in [7, 11) is 0. The number of hydrogen-bond acceptors (Lipinski definition) is 4. The molecule has 0 aromatic heterocycles. The van der Waals surface area contributed by atoms with Gasteiger partial charge in [0, 0.05) is 10.2 Å². The fourth-order valence-electron chi connectivity index (χ4n) is 1.74. The van der Waals surface area contributed by atoms with Crippen LogP contribution in [0.3, 0.4) is 0 Å². The van der Waals surface area contributed by atoms with E-state index in [1.54, 1.807) is 36.4 Å². The normalized spacial score (nSPS) is 11.5. The van der Waals surface area contributed by atoms with Crippen LogP contribution in [-0.2, 0) is 9.53 Å². The Kier molecular flexibility index (Phi) is 5.16. The third-order valence-corrected chi connectivity index (χ3v) is 3.60. The zero-order chi connectivity index (χ0) is 16.1. The molecule has 0 fully saturated rings. The van der Waals surface area contributed by atoms with Crippen molar-refractivity contribution in [3.05, 3.63) is 58.6 Å². The lowest BCUT2D eigenvalue weighted by Gasteiger charge is -2.14. The summed E-state index contributed by atoms with van der Waals surface area (Å²) in [6.45, 7) is 1.51. The van der Waals surface area contributed by atoms with E-state index in [0.29, 0.717) is 16.9 Å². The molecule has 0 heterocycles. The average Bonchev–Trinajstić information content (AvgIpc) is 2.49. The zero-order valence-corrected chi connectivity index (χ0v) is 13.5. The predicted octanol–water partition coefficient (Wildman–Crippen LogP) is 3.22. The second kappa shape index (κ2) is 7.09. The second-order valence-electron chi connectivity index (χ2n) is 4.64. The molecule has 1 amide bonds. The molecule has 0 saturated heterocycles. The molecule has 0 radical (unpaired) electrons. The first-order chi connectivity index (χ1) is 10.5. The Bertz CT molecular complexity index is 703. The van der Waals surface area contributed by atoms with Crippen LogP contribution in [0, 0.1) is 0 Å². The van der Waals surface area contributed by atoms with Crippen molar-refractivity contribution in [1.29, 1.82) is 0 Å². The molecular weight excluding hydrogens is 348 g/mol. The summed E-state index contributed by atoms with van der Waals surface area (Å²) in [6, 6.07) is 13.6. The van der Waals surface area contributed by atoms with Crippen LogP contribution in [-0.4, -0.2) is 18.0 Å². The van der Waals surface area contributed by atoms with Crippen molar-refractivity contribution in [2.45, 2.75) is 13.0 Å². The molecule has 2 aromatic carbocycles. The smallest absolute Gasteiger partial charge is 0.338 e. The number of carbonyl (C=O) groups is 2. The van der Waals surface area contributed by atoms with E-state index >= 15 is 0 Å². The molecular formula is C16H15BrN2O3. The summed E-state index contributed by atoms with van der Waals surface area (Å²) in [4.78, 5) is 24.0. The summed E-state index contributed by atoms with van der Waals surface area (Å²) in [5, 5.41) is 2.69. The Morgan fingerprint density at radius 3 is 2.59 bits per heavy atom. The molecule has 0 bridgehead atoms. The highest BCUT2D eigenvalue weighted by Gasteiger charge is 2.19. The molecule has 0 spiro atoms. The highest BCUT2D eigenvalue weighted by atomic mass is 79.9. The van der Waals surface area contributed by atoms with Gasteiger partial charge in [-0.25, -0.2) is 4.79 Å². The number of nitrogens with two attached hydrogens (primary N) is 1. The van der Waals surface area contributed by atoms with Crippen molar-refractivity contribution in [2.75, 3.05) is 11.1 Å². The van der Waals surface area contributed by atoms with Crippen LogP contribution in [0.25, 0.3) is 0 Å². The summed E-state index contributed by atoms with van der Waals surface area (Å²) in [5.41, 5.74) is 6.99. The van der Waals surface area contributed by atoms with Crippen LogP contribution in [0.5, 0.6) is 0 Å². The standard InChI is InChI=1S/C16H15BrN2O3/c1-10(15(20)19-14-8-3-2-7-13(14)17)22-16(21)11-5-4-6-12(18)9-11/h2-10H,18H2,1H3,(H,19,20). The Morgan fingerprint density at radius 1 is 1.18 bits per heavy atom. The first-order valence-corrected chi connectivity index (χ1v) is 7.38. The largest absolute Gasteiger partial charge is 0.449 e. The molecule has 6 heteroatoms. The van der Waals surface area contributed by atoms with Crippen molar-refractivity contribution in [3.8, 4) is 0 Å². The molecule has 2 rings (SSSR count). The molecule has 0 aliphatic carbocycles. The minimum Gasteiger partial charge on any atom is -0.449 e. The van der Waals surface area contributed by atoms with Crippen molar-refractivity contribution in [1.82, 2.24) is 0 Å². The number of amides is 1. The molecule has 3 N–H and O–H groups in total. The van der Waals surface area contributed by atoms with E-state index in [2.05, 4.69) is 21.2 Å². The Balaban J connectivity index is 1.99. The maximum atomic E-state index is 12.1. The molecule has 1 atom stereocenters. The maximum Gasteiger partial charge on any atom is 0.338 e. The van der Waals surface area contributed by atoms with Crippen LogP contribution >= 0.6 is 15.9 Å². The first-order valence-electron chi connectivity index (χ1n) is 6.59. The third-order valence-electron chi connectivity index (χ3n) is 2.91. The van der Waals surface area contributed by atoms with Crippen molar-refractivity contribution in [2.24, 2.45) is 0 Å². The van der Waals surface area contributed by atoms with E-state index in [1.807, 2.05) is 6.07 Å². The van der Waals surface area contributed by atoms with E-state index in [1.165, 1.54) is 13.0 Å². The highest BCUT2D eigenvalue weighted by Crippen LogP contribution is 2.21. The number of para-hydroxylation sites is 1. The minimum atomic E-state index is -0.930. The number of benzene rings is 2. The van der Waals surface area contributed by atoms with Gasteiger partial charge in [0.2, 0.25) is 0 Å². The Hall–Kier alpha value is -2.34. The summed E-state index contributed by atoms with van der Waals surface area (Å²) in [5.74, 6) is -1.01. The van der Waals surface area contributed by atoms with Crippen LogP contribution in [0.1, 0.15) is 17.3 Å². The fraction of sp³-hybridized carbons (Fsp3) is 0.125. The van der Waals surface area contributed by atoms with Gasteiger partial charge in [-0.15, -0.1) is 0 Å². The van der Waals surface area contributed by atoms with Gasteiger partial charge in [-0.2, -0.15) is 0 Å². The lowest BCUT2D eigenvalue weighted by molar-refractivity contribution is -0.123. The van der Waals surface area contributed by atoms with Gasteiger partial charge >= 0.3 is 5.97 Å². The van der Waals surface area contributed by atoms with E-state index in [0.717, 1.165) is 4.47 Å². The summed E-state index contributed by atoms with van der Waals surface area (Å²) < 4.78 is 5.89. The van der Waals surface area contributed by atoms with Gasteiger partial charge in [0.05, 0.1) is 11.3 Å². The van der Waals surface area contributed by atoms with E-state index in [-0.39, 0.29) is 0 Å². The van der Waals surface area contributed by atoms with Gasteiger partial charge < -0.3 is 15.8 Å². The van der Waals surface area contributed by atoms with Gasteiger partial charge in [-0.05, 0) is 53.2 Å². The van der Waals surface area contributed by atoms with Gasteiger partial charge in [-0.3, -0.25) is 4.79 Å². The number of carbonyl (C=O) groups excluding carboxylic acids is 2. The number of ether oxygens (including phenoxy) is 1. The van der Waals surface area contributed by atoms with Crippen LogP contribution in [0.15, 0.2) is 53.0 Å². The second-order valence-corrected chi connectivity index (χ2v) is 5.50. The van der Waals surface area contributed by atoms with E-state index in [9.17, 15) is 9.59 Å². The molecule has 5 nitrogen and oxygen atoms in total. The number of nitrogen functional groups attached to an aromatic ring is 1. The fourth-order valence-corrected chi connectivity index (χ4v) is 2.13. The zero-order valence-electron chi connectivity index (χ0n) is 11.9. The minimum absolute atomic E-state index is 0.306. The number of halogens is 1. The van der Waals surface area contributed by atoms with Gasteiger partial charge in [0.1, 0.15) is 0 Å².